The number of hydrogen-bond acceptors (Lipinski definition) is 5. The molecular weight excluding hydrogens is 334 g/mol. The highest BCUT2D eigenvalue weighted by molar-refractivity contribution is 5.89. The van der Waals surface area contributed by atoms with E-state index in [1.807, 2.05) is 0 Å². The van der Waals surface area contributed by atoms with Crippen molar-refractivity contribution in [3.8, 4) is 5.75 Å². The van der Waals surface area contributed by atoms with E-state index >= 15 is 0 Å². The summed E-state index contributed by atoms with van der Waals surface area (Å²) in [6.45, 7) is -3.25. The Bertz CT molecular complexity index is 972. The molecule has 0 atom stereocenters. The van der Waals surface area contributed by atoms with Crippen LogP contribution in [-0.4, -0.2) is 22.5 Å². The van der Waals surface area contributed by atoms with Gasteiger partial charge in [-0.05, 0) is 30.3 Å². The second-order valence-electron chi connectivity index (χ2n) is 5.01. The first-order valence-corrected chi connectivity index (χ1v) is 7.23. The number of ether oxygens (including phenoxy) is 2. The van der Waals surface area contributed by atoms with Crippen LogP contribution in [0, 0.1) is 0 Å². The van der Waals surface area contributed by atoms with Gasteiger partial charge in [0.2, 0.25) is 0 Å². The number of para-hydroxylation sites is 1. The standard InChI is InChI=1S/C17H12F2N2O4/c18-17(19)25-11-5-3-4-10(8-11)16(23)24-9-14-20-13-7-2-1-6-12(13)15(22)21-14/h1-8,17H,9H2,(H,20,21,22). The molecule has 0 radical (unpaired) electrons. The molecule has 128 valence electrons. The maximum absolute atomic E-state index is 12.2. The molecule has 0 aliphatic carbocycles. The van der Waals surface area contributed by atoms with Crippen LogP contribution in [0.4, 0.5) is 8.78 Å². The molecule has 0 aliphatic rings. The lowest BCUT2D eigenvalue weighted by Crippen LogP contribution is -2.14. The van der Waals surface area contributed by atoms with Gasteiger partial charge >= 0.3 is 12.6 Å². The van der Waals surface area contributed by atoms with Crippen LogP contribution in [0.15, 0.2) is 53.3 Å². The van der Waals surface area contributed by atoms with E-state index in [9.17, 15) is 18.4 Å². The van der Waals surface area contributed by atoms with Crippen LogP contribution in [-0.2, 0) is 11.3 Å². The second kappa shape index (κ2) is 7.08. The summed E-state index contributed by atoms with van der Waals surface area (Å²) >= 11 is 0. The Balaban J connectivity index is 1.73. The number of fused-ring (bicyclic) bond motifs is 1. The predicted octanol–water partition coefficient (Wildman–Crippen LogP) is 2.88. The Morgan fingerprint density at radius 2 is 1.96 bits per heavy atom. The Hall–Kier alpha value is -3.29. The van der Waals surface area contributed by atoms with Crippen LogP contribution in [0.25, 0.3) is 10.9 Å². The third kappa shape index (κ3) is 3.97. The molecule has 2 aromatic carbocycles. The fourth-order valence-electron chi connectivity index (χ4n) is 2.22. The van der Waals surface area contributed by atoms with E-state index in [0.717, 1.165) is 6.07 Å². The van der Waals surface area contributed by atoms with Crippen LogP contribution < -0.4 is 10.3 Å². The Labute approximate surface area is 140 Å². The maximum Gasteiger partial charge on any atom is 0.387 e. The minimum atomic E-state index is -2.99. The number of alkyl halides is 2. The largest absolute Gasteiger partial charge is 0.454 e. The lowest BCUT2D eigenvalue weighted by molar-refractivity contribution is -0.0499. The predicted molar refractivity (Wildman–Crippen MR) is 84.6 cm³/mol. The number of esters is 1. The van der Waals surface area contributed by atoms with Gasteiger partial charge in [0, 0.05) is 0 Å². The van der Waals surface area contributed by atoms with Gasteiger partial charge in [0.15, 0.2) is 0 Å². The van der Waals surface area contributed by atoms with Gasteiger partial charge in [0.1, 0.15) is 18.2 Å². The first kappa shape index (κ1) is 16.6. The molecule has 0 aliphatic heterocycles. The smallest absolute Gasteiger partial charge is 0.387 e. The molecule has 1 heterocycles. The van der Waals surface area contributed by atoms with E-state index in [-0.39, 0.29) is 29.3 Å². The lowest BCUT2D eigenvalue weighted by atomic mass is 10.2. The number of nitrogens with zero attached hydrogens (tertiary/aromatic N) is 1. The molecule has 0 fully saturated rings. The topological polar surface area (TPSA) is 81.3 Å². The van der Waals surface area contributed by atoms with Crippen molar-refractivity contribution in [1.82, 2.24) is 9.97 Å². The average molecular weight is 346 g/mol. The number of benzene rings is 2. The van der Waals surface area contributed by atoms with Gasteiger partial charge in [-0.1, -0.05) is 18.2 Å². The van der Waals surface area contributed by atoms with E-state index in [4.69, 9.17) is 4.74 Å². The third-order valence-corrected chi connectivity index (χ3v) is 3.30. The molecule has 1 aromatic heterocycles. The number of halogens is 2. The molecule has 1 N–H and O–H groups in total. The first-order valence-electron chi connectivity index (χ1n) is 7.23. The molecule has 0 spiro atoms. The van der Waals surface area contributed by atoms with E-state index in [2.05, 4.69) is 14.7 Å². The van der Waals surface area contributed by atoms with Gasteiger partial charge in [-0.25, -0.2) is 9.78 Å². The maximum atomic E-state index is 12.2. The van der Waals surface area contributed by atoms with Gasteiger partial charge in [0.05, 0.1) is 16.5 Å². The molecule has 8 heteroatoms. The van der Waals surface area contributed by atoms with Crippen molar-refractivity contribution in [1.29, 1.82) is 0 Å². The van der Waals surface area contributed by atoms with Gasteiger partial charge in [-0.15, -0.1) is 0 Å². The van der Waals surface area contributed by atoms with Crippen molar-refractivity contribution in [2.24, 2.45) is 0 Å². The van der Waals surface area contributed by atoms with Crippen LogP contribution in [0.2, 0.25) is 0 Å². The van der Waals surface area contributed by atoms with E-state index in [1.165, 1.54) is 18.2 Å². The number of H-pyrrole nitrogens is 1. The average Bonchev–Trinajstić information content (AvgIpc) is 2.59. The molecular formula is C17H12F2N2O4. The van der Waals surface area contributed by atoms with Crippen molar-refractivity contribution >= 4 is 16.9 Å². The van der Waals surface area contributed by atoms with E-state index in [1.54, 1.807) is 24.3 Å². The van der Waals surface area contributed by atoms with E-state index in [0.29, 0.717) is 10.9 Å². The summed E-state index contributed by atoms with van der Waals surface area (Å²) in [5.74, 6) is -0.728. The van der Waals surface area contributed by atoms with Crippen LogP contribution in [0.5, 0.6) is 5.75 Å². The Morgan fingerprint density at radius 1 is 1.16 bits per heavy atom. The molecule has 0 amide bonds. The molecule has 0 saturated heterocycles. The second-order valence-corrected chi connectivity index (χ2v) is 5.01. The monoisotopic (exact) mass is 346 g/mol. The van der Waals surface area contributed by atoms with Crippen LogP contribution in [0.3, 0.4) is 0 Å². The lowest BCUT2D eigenvalue weighted by Gasteiger charge is -2.07. The highest BCUT2D eigenvalue weighted by atomic mass is 19.3. The minimum absolute atomic E-state index is 0.0429. The van der Waals surface area contributed by atoms with E-state index < -0.39 is 12.6 Å². The summed E-state index contributed by atoms with van der Waals surface area (Å²) in [6.07, 6.45) is 0. The molecule has 25 heavy (non-hydrogen) atoms. The first-order chi connectivity index (χ1) is 12.0. The van der Waals surface area contributed by atoms with Crippen molar-refractivity contribution in [3.05, 3.63) is 70.3 Å². The highest BCUT2D eigenvalue weighted by Gasteiger charge is 2.12. The fourth-order valence-corrected chi connectivity index (χ4v) is 2.22. The number of carbonyl (C=O) groups is 1. The van der Waals surface area contributed by atoms with Gasteiger partial charge in [-0.2, -0.15) is 8.78 Å². The molecule has 0 unspecified atom stereocenters. The van der Waals surface area contributed by atoms with Crippen LogP contribution >= 0.6 is 0 Å². The highest BCUT2D eigenvalue weighted by Crippen LogP contribution is 2.17. The SMILES string of the molecule is O=C(OCc1nc2ccccc2c(=O)[nH]1)c1cccc(OC(F)F)c1. The van der Waals surface area contributed by atoms with Gasteiger partial charge in [-0.3, -0.25) is 4.79 Å². The number of hydrogen-bond donors (Lipinski definition) is 1. The Morgan fingerprint density at radius 3 is 2.76 bits per heavy atom. The molecule has 0 saturated carbocycles. The number of aromatic amines is 1. The molecule has 3 rings (SSSR count). The molecule has 0 bridgehead atoms. The van der Waals surface area contributed by atoms with Crippen molar-refractivity contribution < 1.29 is 23.0 Å². The molecule has 6 nitrogen and oxygen atoms in total. The number of nitrogens with one attached hydrogen (secondary N) is 1. The number of aromatic nitrogens is 2. The van der Waals surface area contributed by atoms with Gasteiger partial charge in [0.25, 0.3) is 5.56 Å². The number of carbonyl (C=O) groups excluding carboxylic acids is 1. The summed E-state index contributed by atoms with van der Waals surface area (Å²) in [4.78, 5) is 30.7. The third-order valence-electron chi connectivity index (χ3n) is 3.30. The number of rotatable bonds is 5. The summed E-state index contributed by atoms with van der Waals surface area (Å²) in [5, 5.41) is 0.425. The minimum Gasteiger partial charge on any atom is -0.454 e. The zero-order chi connectivity index (χ0) is 17.8. The van der Waals surface area contributed by atoms with Gasteiger partial charge < -0.3 is 14.5 Å². The quantitative estimate of drug-likeness (QED) is 0.719. The van der Waals surface area contributed by atoms with Crippen molar-refractivity contribution in [2.75, 3.05) is 0 Å². The van der Waals surface area contributed by atoms with Crippen molar-refractivity contribution in [3.63, 3.8) is 0 Å². The zero-order valence-corrected chi connectivity index (χ0v) is 12.7. The summed E-state index contributed by atoms with van der Waals surface area (Å²) in [7, 11) is 0. The van der Waals surface area contributed by atoms with Crippen molar-refractivity contribution in [2.45, 2.75) is 13.2 Å². The summed E-state index contributed by atoms with van der Waals surface area (Å²) < 4.78 is 33.7. The van der Waals surface area contributed by atoms with Crippen LogP contribution in [0.1, 0.15) is 16.2 Å². The fraction of sp³-hybridized carbons (Fsp3) is 0.118. The summed E-state index contributed by atoms with van der Waals surface area (Å²) in [5.41, 5.74) is 0.176. The molecule has 3 aromatic rings. The Kier molecular flexibility index (Phi) is 4.69. The normalized spacial score (nSPS) is 10.8. The summed E-state index contributed by atoms with van der Waals surface area (Å²) in [6, 6.07) is 12.0. The zero-order valence-electron chi connectivity index (χ0n) is 12.7.